The number of nitrogens with one attached hydrogen (secondary N) is 1. The molecule has 0 unspecified atom stereocenters. The van der Waals surface area contributed by atoms with Gasteiger partial charge in [-0.1, -0.05) is 29.8 Å². The van der Waals surface area contributed by atoms with Gasteiger partial charge in [-0.05, 0) is 29.8 Å². The first kappa shape index (κ1) is 18.6. The van der Waals surface area contributed by atoms with Crippen LogP contribution in [0.25, 0.3) is 0 Å². The van der Waals surface area contributed by atoms with E-state index in [-0.39, 0.29) is 28.2 Å². The van der Waals surface area contributed by atoms with Gasteiger partial charge in [-0.3, -0.25) is 9.69 Å². The molecule has 2 N–H and O–H groups in total. The SMILES string of the molecule is O=C(NC[C@H](c1ccc(F)cc1)N1CCOCC1)c1c(O)cccc1Cl. The molecule has 1 aliphatic heterocycles. The molecule has 5 nitrogen and oxygen atoms in total. The van der Waals surface area contributed by atoms with Crippen molar-refractivity contribution in [1.82, 2.24) is 10.2 Å². The summed E-state index contributed by atoms with van der Waals surface area (Å²) >= 11 is 6.03. The van der Waals surface area contributed by atoms with E-state index in [4.69, 9.17) is 16.3 Å². The minimum Gasteiger partial charge on any atom is -0.507 e. The molecule has 1 fully saturated rings. The molecule has 7 heteroatoms. The number of hydrogen-bond donors (Lipinski definition) is 2. The average molecular weight is 379 g/mol. The highest BCUT2D eigenvalue weighted by atomic mass is 35.5. The fourth-order valence-electron chi connectivity index (χ4n) is 3.05. The number of morpholine rings is 1. The van der Waals surface area contributed by atoms with Crippen molar-refractivity contribution in [2.75, 3.05) is 32.8 Å². The third kappa shape index (κ3) is 4.33. The van der Waals surface area contributed by atoms with Crippen LogP contribution in [0.15, 0.2) is 42.5 Å². The van der Waals surface area contributed by atoms with Gasteiger partial charge in [0.05, 0.1) is 29.8 Å². The topological polar surface area (TPSA) is 61.8 Å². The van der Waals surface area contributed by atoms with Crippen LogP contribution < -0.4 is 5.32 Å². The Bertz CT molecular complexity index is 744. The first-order valence-corrected chi connectivity index (χ1v) is 8.77. The van der Waals surface area contributed by atoms with E-state index in [1.165, 1.54) is 18.2 Å². The van der Waals surface area contributed by atoms with Gasteiger partial charge in [0, 0.05) is 19.6 Å². The van der Waals surface area contributed by atoms with Crippen LogP contribution in [0.2, 0.25) is 5.02 Å². The maximum Gasteiger partial charge on any atom is 0.256 e. The van der Waals surface area contributed by atoms with E-state index < -0.39 is 5.91 Å². The Balaban J connectivity index is 1.77. The van der Waals surface area contributed by atoms with Gasteiger partial charge in [-0.25, -0.2) is 4.39 Å². The van der Waals surface area contributed by atoms with E-state index in [1.807, 2.05) is 0 Å². The number of benzene rings is 2. The van der Waals surface area contributed by atoms with Gasteiger partial charge in [0.15, 0.2) is 0 Å². The largest absolute Gasteiger partial charge is 0.507 e. The van der Waals surface area contributed by atoms with E-state index in [1.54, 1.807) is 24.3 Å². The van der Waals surface area contributed by atoms with Gasteiger partial charge >= 0.3 is 0 Å². The number of hydrogen-bond acceptors (Lipinski definition) is 4. The van der Waals surface area contributed by atoms with Crippen molar-refractivity contribution in [1.29, 1.82) is 0 Å². The van der Waals surface area contributed by atoms with Crippen molar-refractivity contribution in [2.24, 2.45) is 0 Å². The monoisotopic (exact) mass is 378 g/mol. The van der Waals surface area contributed by atoms with Crippen LogP contribution in [-0.2, 0) is 4.74 Å². The molecule has 138 valence electrons. The van der Waals surface area contributed by atoms with Crippen LogP contribution in [-0.4, -0.2) is 48.8 Å². The van der Waals surface area contributed by atoms with E-state index in [9.17, 15) is 14.3 Å². The Morgan fingerprint density at radius 2 is 1.92 bits per heavy atom. The Labute approximate surface area is 156 Å². The van der Waals surface area contributed by atoms with Crippen LogP contribution >= 0.6 is 11.6 Å². The van der Waals surface area contributed by atoms with E-state index in [0.29, 0.717) is 19.8 Å². The predicted octanol–water partition coefficient (Wildman–Crippen LogP) is 2.99. The number of rotatable bonds is 5. The highest BCUT2D eigenvalue weighted by Crippen LogP contribution is 2.26. The van der Waals surface area contributed by atoms with Crippen LogP contribution in [0.4, 0.5) is 4.39 Å². The first-order chi connectivity index (χ1) is 12.6. The molecule has 0 aliphatic carbocycles. The third-order valence-corrected chi connectivity index (χ3v) is 4.73. The molecular weight excluding hydrogens is 359 g/mol. The lowest BCUT2D eigenvalue weighted by atomic mass is 10.0. The second kappa shape index (κ2) is 8.49. The summed E-state index contributed by atoms with van der Waals surface area (Å²) in [4.78, 5) is 14.7. The molecule has 3 rings (SSSR count). The van der Waals surface area contributed by atoms with Crippen LogP contribution in [0.3, 0.4) is 0 Å². The minimum absolute atomic E-state index is 0.0500. The predicted molar refractivity (Wildman–Crippen MR) is 97.0 cm³/mol. The maximum absolute atomic E-state index is 13.3. The summed E-state index contributed by atoms with van der Waals surface area (Å²) in [6.45, 7) is 2.95. The zero-order valence-corrected chi connectivity index (χ0v) is 14.9. The minimum atomic E-state index is -0.450. The highest BCUT2D eigenvalue weighted by Gasteiger charge is 2.24. The lowest BCUT2D eigenvalue weighted by Gasteiger charge is -2.35. The van der Waals surface area contributed by atoms with E-state index >= 15 is 0 Å². The molecule has 0 bridgehead atoms. The molecule has 1 aliphatic rings. The number of phenolic OH excluding ortho intramolecular Hbond substituents is 1. The molecular formula is C19H20ClFN2O3. The Morgan fingerprint density at radius 1 is 1.23 bits per heavy atom. The summed E-state index contributed by atoms with van der Waals surface area (Å²) in [5, 5.41) is 12.9. The van der Waals surface area contributed by atoms with Gasteiger partial charge in [-0.15, -0.1) is 0 Å². The van der Waals surface area contributed by atoms with Gasteiger partial charge in [0.2, 0.25) is 0 Å². The fraction of sp³-hybridized carbons (Fsp3) is 0.316. The lowest BCUT2D eigenvalue weighted by Crippen LogP contribution is -2.43. The Morgan fingerprint density at radius 3 is 2.58 bits per heavy atom. The summed E-state index contributed by atoms with van der Waals surface area (Å²) in [6, 6.07) is 10.7. The molecule has 1 saturated heterocycles. The van der Waals surface area contributed by atoms with E-state index in [2.05, 4.69) is 10.2 Å². The summed E-state index contributed by atoms with van der Waals surface area (Å²) in [5.74, 6) is -0.923. The number of aromatic hydroxyl groups is 1. The third-order valence-electron chi connectivity index (χ3n) is 4.42. The molecule has 1 amide bonds. The second-order valence-corrected chi connectivity index (χ2v) is 6.47. The quantitative estimate of drug-likeness (QED) is 0.839. The van der Waals surface area contributed by atoms with Gasteiger partial charge in [-0.2, -0.15) is 0 Å². The average Bonchev–Trinajstić information content (AvgIpc) is 2.64. The molecule has 2 aromatic carbocycles. The van der Waals surface area contributed by atoms with Gasteiger partial charge in [0.1, 0.15) is 11.6 Å². The van der Waals surface area contributed by atoms with Crippen molar-refractivity contribution in [3.8, 4) is 5.75 Å². The Kier molecular flexibility index (Phi) is 6.08. The van der Waals surface area contributed by atoms with Gasteiger partial charge in [0.25, 0.3) is 5.91 Å². The molecule has 0 saturated carbocycles. The van der Waals surface area contributed by atoms with Crippen molar-refractivity contribution < 1.29 is 19.0 Å². The van der Waals surface area contributed by atoms with Crippen LogP contribution in [0.1, 0.15) is 22.0 Å². The number of ether oxygens (including phenoxy) is 1. The zero-order valence-electron chi connectivity index (χ0n) is 14.1. The van der Waals surface area contributed by atoms with Crippen molar-refractivity contribution in [3.05, 3.63) is 64.4 Å². The standard InChI is InChI=1S/C19H20ClFN2O3/c20-15-2-1-3-17(24)18(15)19(25)22-12-16(23-8-10-26-11-9-23)13-4-6-14(21)7-5-13/h1-7,16,24H,8-12H2,(H,22,25)/t16-/m1/s1. The number of phenols is 1. The summed E-state index contributed by atoms with van der Waals surface area (Å²) in [7, 11) is 0. The fourth-order valence-corrected chi connectivity index (χ4v) is 3.30. The Hall–Kier alpha value is -2.15. The molecule has 0 aromatic heterocycles. The number of amides is 1. The molecule has 2 aromatic rings. The molecule has 0 radical (unpaired) electrons. The number of carbonyl (C=O) groups excluding carboxylic acids is 1. The van der Waals surface area contributed by atoms with E-state index in [0.717, 1.165) is 18.7 Å². The molecule has 26 heavy (non-hydrogen) atoms. The molecule has 0 spiro atoms. The van der Waals surface area contributed by atoms with Crippen LogP contribution in [0, 0.1) is 5.82 Å². The maximum atomic E-state index is 13.3. The normalized spacial score (nSPS) is 16.2. The van der Waals surface area contributed by atoms with Crippen molar-refractivity contribution in [3.63, 3.8) is 0 Å². The second-order valence-electron chi connectivity index (χ2n) is 6.06. The number of nitrogens with zero attached hydrogens (tertiary/aromatic N) is 1. The summed E-state index contributed by atoms with van der Waals surface area (Å²) in [5.41, 5.74) is 0.950. The summed E-state index contributed by atoms with van der Waals surface area (Å²) in [6.07, 6.45) is 0. The number of carbonyl (C=O) groups is 1. The molecule has 1 atom stereocenters. The number of halogens is 2. The molecule has 1 heterocycles. The lowest BCUT2D eigenvalue weighted by molar-refractivity contribution is 0.0162. The smallest absolute Gasteiger partial charge is 0.256 e. The zero-order chi connectivity index (χ0) is 18.5. The van der Waals surface area contributed by atoms with Crippen LogP contribution in [0.5, 0.6) is 5.75 Å². The summed E-state index contributed by atoms with van der Waals surface area (Å²) < 4.78 is 18.7. The van der Waals surface area contributed by atoms with Gasteiger partial charge < -0.3 is 15.2 Å². The van der Waals surface area contributed by atoms with Crippen molar-refractivity contribution in [2.45, 2.75) is 6.04 Å². The highest BCUT2D eigenvalue weighted by molar-refractivity contribution is 6.34. The van der Waals surface area contributed by atoms with Crippen molar-refractivity contribution >= 4 is 17.5 Å². The first-order valence-electron chi connectivity index (χ1n) is 8.39.